The fraction of sp³-hybridized carbons (Fsp3) is 1.00. The summed E-state index contributed by atoms with van der Waals surface area (Å²) in [6.07, 6.45) is 3.90. The minimum Gasteiger partial charge on any atom is -0.382 e. The second kappa shape index (κ2) is 9.83. The standard InChI is InChI=1S/C13H27NO3/c1-3-6-14-13(12-4-5-12)11-17-10-9-16-8-7-15-2/h12-14H,3-11H2,1-2H3. The molecule has 0 bridgehead atoms. The number of hydrogen-bond acceptors (Lipinski definition) is 4. The van der Waals surface area contributed by atoms with Crippen molar-refractivity contribution in [2.75, 3.05) is 46.7 Å². The maximum Gasteiger partial charge on any atom is 0.0701 e. The molecule has 102 valence electrons. The molecule has 4 nitrogen and oxygen atoms in total. The van der Waals surface area contributed by atoms with Crippen LogP contribution in [-0.2, 0) is 14.2 Å². The summed E-state index contributed by atoms with van der Waals surface area (Å²) < 4.78 is 15.9. The molecule has 0 radical (unpaired) electrons. The summed E-state index contributed by atoms with van der Waals surface area (Å²) in [7, 11) is 1.68. The van der Waals surface area contributed by atoms with Crippen molar-refractivity contribution in [1.29, 1.82) is 0 Å². The van der Waals surface area contributed by atoms with E-state index in [1.54, 1.807) is 7.11 Å². The van der Waals surface area contributed by atoms with Crippen molar-refractivity contribution in [3.8, 4) is 0 Å². The maximum absolute atomic E-state index is 5.65. The van der Waals surface area contributed by atoms with Crippen LogP contribution in [0.5, 0.6) is 0 Å². The number of hydrogen-bond donors (Lipinski definition) is 1. The summed E-state index contributed by atoms with van der Waals surface area (Å²) >= 11 is 0. The number of nitrogens with one attached hydrogen (secondary N) is 1. The van der Waals surface area contributed by atoms with Crippen LogP contribution in [0.15, 0.2) is 0 Å². The summed E-state index contributed by atoms with van der Waals surface area (Å²) in [6.45, 7) is 6.76. The van der Waals surface area contributed by atoms with Gasteiger partial charge in [-0.15, -0.1) is 0 Å². The molecule has 0 spiro atoms. The van der Waals surface area contributed by atoms with E-state index in [9.17, 15) is 0 Å². The van der Waals surface area contributed by atoms with Gasteiger partial charge in [0, 0.05) is 13.2 Å². The van der Waals surface area contributed by atoms with Crippen LogP contribution in [-0.4, -0.2) is 52.7 Å². The van der Waals surface area contributed by atoms with Crippen molar-refractivity contribution in [2.24, 2.45) is 5.92 Å². The van der Waals surface area contributed by atoms with Gasteiger partial charge in [-0.2, -0.15) is 0 Å². The molecule has 0 aromatic carbocycles. The summed E-state index contributed by atoms with van der Waals surface area (Å²) in [5, 5.41) is 3.56. The first-order valence-corrected chi connectivity index (χ1v) is 6.76. The van der Waals surface area contributed by atoms with Gasteiger partial charge in [0.15, 0.2) is 0 Å². The van der Waals surface area contributed by atoms with Crippen molar-refractivity contribution in [1.82, 2.24) is 5.32 Å². The van der Waals surface area contributed by atoms with Crippen molar-refractivity contribution in [3.05, 3.63) is 0 Å². The van der Waals surface area contributed by atoms with E-state index in [0.717, 1.165) is 19.1 Å². The van der Waals surface area contributed by atoms with Crippen molar-refractivity contribution >= 4 is 0 Å². The minimum absolute atomic E-state index is 0.550. The molecule has 0 aromatic rings. The van der Waals surface area contributed by atoms with Gasteiger partial charge in [0.25, 0.3) is 0 Å². The van der Waals surface area contributed by atoms with E-state index in [-0.39, 0.29) is 0 Å². The largest absolute Gasteiger partial charge is 0.382 e. The molecule has 17 heavy (non-hydrogen) atoms. The van der Waals surface area contributed by atoms with Crippen LogP contribution in [0.1, 0.15) is 26.2 Å². The van der Waals surface area contributed by atoms with E-state index in [1.807, 2.05) is 0 Å². The van der Waals surface area contributed by atoms with E-state index in [0.29, 0.717) is 32.5 Å². The minimum atomic E-state index is 0.550. The van der Waals surface area contributed by atoms with Gasteiger partial charge < -0.3 is 19.5 Å². The van der Waals surface area contributed by atoms with Gasteiger partial charge in [-0.3, -0.25) is 0 Å². The summed E-state index contributed by atoms with van der Waals surface area (Å²) in [6, 6.07) is 0.550. The van der Waals surface area contributed by atoms with Gasteiger partial charge >= 0.3 is 0 Å². The van der Waals surface area contributed by atoms with Gasteiger partial charge in [-0.1, -0.05) is 6.92 Å². The van der Waals surface area contributed by atoms with Gasteiger partial charge in [0.1, 0.15) is 0 Å². The van der Waals surface area contributed by atoms with Crippen LogP contribution in [0.2, 0.25) is 0 Å². The Labute approximate surface area is 105 Å². The van der Waals surface area contributed by atoms with Crippen LogP contribution >= 0.6 is 0 Å². The molecule has 1 unspecified atom stereocenters. The molecule has 1 rings (SSSR count). The Bertz CT molecular complexity index is 174. The molecule has 1 N–H and O–H groups in total. The molecule has 1 fully saturated rings. The maximum atomic E-state index is 5.65. The highest BCUT2D eigenvalue weighted by atomic mass is 16.5. The number of rotatable bonds is 12. The number of methoxy groups -OCH3 is 1. The highest BCUT2D eigenvalue weighted by Crippen LogP contribution is 2.32. The quantitative estimate of drug-likeness (QED) is 0.528. The van der Waals surface area contributed by atoms with Crippen molar-refractivity contribution in [2.45, 2.75) is 32.2 Å². The zero-order valence-electron chi connectivity index (χ0n) is 11.2. The molecule has 1 atom stereocenters. The predicted molar refractivity (Wildman–Crippen MR) is 68.3 cm³/mol. The van der Waals surface area contributed by atoms with Crippen molar-refractivity contribution in [3.63, 3.8) is 0 Å². The third kappa shape index (κ3) is 7.71. The average Bonchev–Trinajstić information content (AvgIpc) is 3.16. The molecule has 1 aliphatic carbocycles. The Morgan fingerprint density at radius 1 is 1.12 bits per heavy atom. The lowest BCUT2D eigenvalue weighted by atomic mass is 10.2. The lowest BCUT2D eigenvalue weighted by Crippen LogP contribution is -2.36. The first kappa shape index (κ1) is 14.9. The zero-order valence-corrected chi connectivity index (χ0v) is 11.2. The van der Waals surface area contributed by atoms with Gasteiger partial charge in [0.2, 0.25) is 0 Å². The topological polar surface area (TPSA) is 39.7 Å². The molecule has 0 saturated heterocycles. The van der Waals surface area contributed by atoms with Gasteiger partial charge in [0.05, 0.1) is 33.0 Å². The molecule has 1 saturated carbocycles. The smallest absolute Gasteiger partial charge is 0.0701 e. The molecular formula is C13H27NO3. The Kier molecular flexibility index (Phi) is 8.61. The van der Waals surface area contributed by atoms with Crippen LogP contribution in [0.25, 0.3) is 0 Å². The summed E-state index contributed by atoms with van der Waals surface area (Å²) in [5.41, 5.74) is 0. The second-order valence-corrected chi connectivity index (χ2v) is 4.58. The van der Waals surface area contributed by atoms with Crippen LogP contribution < -0.4 is 5.32 Å². The van der Waals surface area contributed by atoms with E-state index in [1.165, 1.54) is 19.3 Å². The highest BCUT2D eigenvalue weighted by Gasteiger charge is 2.30. The van der Waals surface area contributed by atoms with E-state index in [2.05, 4.69) is 12.2 Å². The molecule has 1 aliphatic rings. The molecule has 0 aliphatic heterocycles. The molecule has 0 amide bonds. The predicted octanol–water partition coefficient (Wildman–Crippen LogP) is 1.44. The first-order valence-electron chi connectivity index (χ1n) is 6.76. The highest BCUT2D eigenvalue weighted by molar-refractivity contribution is 4.86. The van der Waals surface area contributed by atoms with E-state index >= 15 is 0 Å². The van der Waals surface area contributed by atoms with Gasteiger partial charge in [-0.25, -0.2) is 0 Å². The van der Waals surface area contributed by atoms with Crippen LogP contribution in [0.4, 0.5) is 0 Å². The molecule has 4 heteroatoms. The average molecular weight is 245 g/mol. The SMILES string of the molecule is CCCNC(COCCOCCOC)C1CC1. The van der Waals surface area contributed by atoms with E-state index < -0.39 is 0 Å². The fourth-order valence-corrected chi connectivity index (χ4v) is 1.76. The third-order valence-electron chi connectivity index (χ3n) is 2.95. The summed E-state index contributed by atoms with van der Waals surface area (Å²) in [4.78, 5) is 0. The monoisotopic (exact) mass is 245 g/mol. The van der Waals surface area contributed by atoms with Crippen LogP contribution in [0.3, 0.4) is 0 Å². The van der Waals surface area contributed by atoms with E-state index in [4.69, 9.17) is 14.2 Å². The second-order valence-electron chi connectivity index (χ2n) is 4.58. The van der Waals surface area contributed by atoms with Crippen molar-refractivity contribution < 1.29 is 14.2 Å². The Morgan fingerprint density at radius 3 is 2.47 bits per heavy atom. The lowest BCUT2D eigenvalue weighted by molar-refractivity contribution is 0.0180. The summed E-state index contributed by atoms with van der Waals surface area (Å²) in [5.74, 6) is 0.843. The normalized spacial score (nSPS) is 17.3. The Balaban J connectivity index is 1.91. The zero-order chi connectivity index (χ0) is 12.3. The lowest BCUT2D eigenvalue weighted by Gasteiger charge is -2.18. The number of ether oxygens (including phenoxy) is 3. The molecule has 0 heterocycles. The fourth-order valence-electron chi connectivity index (χ4n) is 1.76. The third-order valence-corrected chi connectivity index (χ3v) is 2.95. The first-order chi connectivity index (χ1) is 8.38. The Hall–Kier alpha value is -0.160. The van der Waals surface area contributed by atoms with Crippen LogP contribution in [0, 0.1) is 5.92 Å². The molecular weight excluding hydrogens is 218 g/mol. The molecule has 0 aromatic heterocycles. The Morgan fingerprint density at radius 2 is 1.82 bits per heavy atom. The van der Waals surface area contributed by atoms with Gasteiger partial charge in [-0.05, 0) is 31.7 Å².